The summed E-state index contributed by atoms with van der Waals surface area (Å²) >= 11 is 0. The number of nitrogens with one attached hydrogen (secondary N) is 1. The second-order valence-electron chi connectivity index (χ2n) is 5.95. The Morgan fingerprint density at radius 3 is 2.81 bits per heavy atom. The van der Waals surface area contributed by atoms with E-state index >= 15 is 0 Å². The van der Waals surface area contributed by atoms with Crippen LogP contribution in [0.25, 0.3) is 0 Å². The Kier molecular flexibility index (Phi) is 3.89. The van der Waals surface area contributed by atoms with E-state index in [1.54, 1.807) is 7.05 Å². The number of likely N-dealkylation sites (tertiary alicyclic amines) is 1. The molecule has 2 heterocycles. The molecule has 0 bridgehead atoms. The number of hydrogen-bond donors (Lipinski definition) is 1. The zero-order valence-electron chi connectivity index (χ0n) is 12.4. The van der Waals surface area contributed by atoms with Gasteiger partial charge >= 0.3 is 6.09 Å². The number of amides is 1. The van der Waals surface area contributed by atoms with Crippen LogP contribution in [0.2, 0.25) is 0 Å². The van der Waals surface area contributed by atoms with Crippen LogP contribution in [0.1, 0.15) is 26.3 Å². The molecule has 0 saturated carbocycles. The van der Waals surface area contributed by atoms with E-state index in [0.29, 0.717) is 11.9 Å². The van der Waals surface area contributed by atoms with Gasteiger partial charge in [0.2, 0.25) is 0 Å². The number of likely N-dealkylation sites (N-methyl/N-ethyl adjacent to an activating group) is 2. The summed E-state index contributed by atoms with van der Waals surface area (Å²) in [6.45, 7) is 3.39. The van der Waals surface area contributed by atoms with Crippen molar-refractivity contribution in [3.63, 3.8) is 0 Å². The first kappa shape index (κ1) is 15.6. The average Bonchev–Trinajstić information content (AvgIpc) is 2.85. The van der Waals surface area contributed by atoms with Crippen LogP contribution < -0.4 is 15.0 Å². The van der Waals surface area contributed by atoms with Gasteiger partial charge in [-0.15, -0.1) is 0 Å². The minimum Gasteiger partial charge on any atom is -0.410 e. The van der Waals surface area contributed by atoms with Crippen LogP contribution in [0.15, 0.2) is 18.2 Å². The quantitative estimate of drug-likeness (QED) is 0.863. The van der Waals surface area contributed by atoms with Crippen LogP contribution >= 0.6 is 0 Å². The van der Waals surface area contributed by atoms with E-state index in [1.807, 2.05) is 18.2 Å². The zero-order chi connectivity index (χ0) is 14.5. The minimum absolute atomic E-state index is 0. The fraction of sp³-hybridized carbons (Fsp3) is 0.562. The smallest absolute Gasteiger partial charge is 0.410 e. The Morgan fingerprint density at radius 1 is 1.43 bits per heavy atom. The SMILES string of the molecule is C.CNC(=O)Oc1ccc2c(c1)[C@]1(C)CCN(C)[C@@H]1N2C. The number of hydrogen-bond acceptors (Lipinski definition) is 4. The summed E-state index contributed by atoms with van der Waals surface area (Å²) in [6.07, 6.45) is 1.07. The molecule has 2 aliphatic rings. The molecule has 0 radical (unpaired) electrons. The number of nitrogens with zero attached hydrogens (tertiary/aromatic N) is 2. The highest BCUT2D eigenvalue weighted by Gasteiger charge is 2.52. The van der Waals surface area contributed by atoms with Gasteiger partial charge in [0.15, 0.2) is 0 Å². The Hall–Kier alpha value is -1.75. The predicted molar refractivity (Wildman–Crippen MR) is 85.0 cm³/mol. The van der Waals surface area contributed by atoms with E-state index in [4.69, 9.17) is 4.74 Å². The lowest BCUT2D eigenvalue weighted by molar-refractivity contribution is 0.203. The summed E-state index contributed by atoms with van der Waals surface area (Å²) in [4.78, 5) is 16.1. The van der Waals surface area contributed by atoms with Crippen molar-refractivity contribution in [1.82, 2.24) is 10.2 Å². The number of carbonyl (C=O) groups is 1. The number of ether oxygens (including phenoxy) is 1. The standard InChI is InChI=1S/C15H21N3O2.CH4/c1-15-7-8-17(3)13(15)18(4)12-6-5-10(9-11(12)15)20-14(19)16-2;/h5-6,9,13H,7-8H2,1-4H3,(H,16,19);1H4/t13-,15+;/m1./s1. The Morgan fingerprint density at radius 2 is 2.14 bits per heavy atom. The van der Waals surface area contributed by atoms with Crippen LogP contribution in [-0.4, -0.2) is 44.8 Å². The van der Waals surface area contributed by atoms with Gasteiger partial charge < -0.3 is 15.0 Å². The second kappa shape index (κ2) is 5.22. The second-order valence-corrected chi connectivity index (χ2v) is 5.95. The number of fused-ring (bicyclic) bond motifs is 3. The minimum atomic E-state index is -0.429. The highest BCUT2D eigenvalue weighted by Crippen LogP contribution is 2.51. The predicted octanol–water partition coefficient (Wildman–Crippen LogP) is 2.41. The van der Waals surface area contributed by atoms with Gasteiger partial charge in [-0.05, 0) is 37.2 Å². The highest BCUT2D eigenvalue weighted by molar-refractivity contribution is 5.72. The molecule has 2 aliphatic heterocycles. The van der Waals surface area contributed by atoms with Gasteiger partial charge in [0.25, 0.3) is 0 Å². The third-order valence-corrected chi connectivity index (χ3v) is 4.72. The average molecular weight is 291 g/mol. The molecule has 1 fully saturated rings. The summed E-state index contributed by atoms with van der Waals surface area (Å²) in [5.41, 5.74) is 2.60. The van der Waals surface area contributed by atoms with Crippen molar-refractivity contribution in [1.29, 1.82) is 0 Å². The lowest BCUT2D eigenvalue weighted by Gasteiger charge is -2.32. The van der Waals surface area contributed by atoms with Crippen molar-refractivity contribution in [2.45, 2.75) is 32.4 Å². The van der Waals surface area contributed by atoms with Crippen molar-refractivity contribution in [2.75, 3.05) is 32.6 Å². The fourth-order valence-electron chi connectivity index (χ4n) is 3.78. The molecule has 5 heteroatoms. The van der Waals surface area contributed by atoms with Gasteiger partial charge in [-0.3, -0.25) is 4.90 Å². The Labute approximate surface area is 126 Å². The first-order valence-corrected chi connectivity index (χ1v) is 6.94. The number of anilines is 1. The molecule has 1 aromatic rings. The molecule has 0 aromatic heterocycles. The van der Waals surface area contributed by atoms with Crippen LogP contribution in [-0.2, 0) is 5.41 Å². The lowest BCUT2D eigenvalue weighted by Crippen LogP contribution is -2.45. The number of carbonyl (C=O) groups excluding carboxylic acids is 1. The van der Waals surface area contributed by atoms with E-state index in [1.165, 1.54) is 11.3 Å². The lowest BCUT2D eigenvalue weighted by atomic mass is 9.81. The van der Waals surface area contributed by atoms with Crippen molar-refractivity contribution >= 4 is 11.8 Å². The maximum absolute atomic E-state index is 11.4. The molecule has 1 aromatic carbocycles. The topological polar surface area (TPSA) is 44.8 Å². The highest BCUT2D eigenvalue weighted by atomic mass is 16.5. The molecular weight excluding hydrogens is 266 g/mol. The Bertz CT molecular complexity index is 560. The maximum Gasteiger partial charge on any atom is 0.412 e. The molecule has 0 unspecified atom stereocenters. The molecule has 1 N–H and O–H groups in total. The molecule has 21 heavy (non-hydrogen) atoms. The van der Waals surface area contributed by atoms with Crippen LogP contribution in [0.4, 0.5) is 10.5 Å². The van der Waals surface area contributed by atoms with Gasteiger partial charge in [-0.1, -0.05) is 14.4 Å². The van der Waals surface area contributed by atoms with Crippen molar-refractivity contribution in [3.8, 4) is 5.75 Å². The zero-order valence-corrected chi connectivity index (χ0v) is 12.4. The molecule has 2 atom stereocenters. The van der Waals surface area contributed by atoms with E-state index in [2.05, 4.69) is 36.1 Å². The number of benzene rings is 1. The molecule has 3 rings (SSSR count). The van der Waals surface area contributed by atoms with Crippen LogP contribution in [0.3, 0.4) is 0 Å². The van der Waals surface area contributed by atoms with Crippen LogP contribution in [0, 0.1) is 0 Å². The van der Waals surface area contributed by atoms with Gasteiger partial charge in [0, 0.05) is 31.7 Å². The molecule has 0 aliphatic carbocycles. The van der Waals surface area contributed by atoms with E-state index in [0.717, 1.165) is 13.0 Å². The summed E-state index contributed by atoms with van der Waals surface area (Å²) in [5.74, 6) is 0.605. The van der Waals surface area contributed by atoms with Gasteiger partial charge in [-0.2, -0.15) is 0 Å². The first-order valence-electron chi connectivity index (χ1n) is 6.94. The van der Waals surface area contributed by atoms with E-state index in [-0.39, 0.29) is 12.8 Å². The summed E-state index contributed by atoms with van der Waals surface area (Å²) < 4.78 is 5.26. The van der Waals surface area contributed by atoms with Gasteiger partial charge in [-0.25, -0.2) is 4.79 Å². The first-order chi connectivity index (χ1) is 9.47. The Balaban J connectivity index is 0.00000161. The van der Waals surface area contributed by atoms with E-state index < -0.39 is 6.09 Å². The maximum atomic E-state index is 11.4. The normalized spacial score (nSPS) is 26.9. The fourth-order valence-corrected chi connectivity index (χ4v) is 3.78. The monoisotopic (exact) mass is 291 g/mol. The van der Waals surface area contributed by atoms with E-state index in [9.17, 15) is 4.79 Å². The molecule has 1 amide bonds. The summed E-state index contributed by atoms with van der Waals surface area (Å²) in [6, 6.07) is 5.92. The molecule has 5 nitrogen and oxygen atoms in total. The molecule has 116 valence electrons. The number of rotatable bonds is 1. The third kappa shape index (κ3) is 2.16. The largest absolute Gasteiger partial charge is 0.412 e. The third-order valence-electron chi connectivity index (χ3n) is 4.72. The molecular formula is C16H25N3O2. The van der Waals surface area contributed by atoms with Crippen LogP contribution in [0.5, 0.6) is 5.75 Å². The van der Waals surface area contributed by atoms with Crippen molar-refractivity contribution in [3.05, 3.63) is 23.8 Å². The molecule has 0 spiro atoms. The van der Waals surface area contributed by atoms with Crippen molar-refractivity contribution in [2.24, 2.45) is 0 Å². The van der Waals surface area contributed by atoms with Gasteiger partial charge in [0.1, 0.15) is 5.75 Å². The van der Waals surface area contributed by atoms with Gasteiger partial charge in [0.05, 0.1) is 6.17 Å². The molecule has 1 saturated heterocycles. The summed E-state index contributed by atoms with van der Waals surface area (Å²) in [5, 5.41) is 2.47. The summed E-state index contributed by atoms with van der Waals surface area (Å²) in [7, 11) is 5.86. The van der Waals surface area contributed by atoms with Crippen molar-refractivity contribution < 1.29 is 9.53 Å².